The number of rotatable bonds is 7. The summed E-state index contributed by atoms with van der Waals surface area (Å²) in [6.45, 7) is 8.41. The Labute approximate surface area is 107 Å². The normalized spacial score (nSPS) is 14.9. The molecule has 0 amide bonds. The van der Waals surface area contributed by atoms with Crippen LogP contribution >= 0.6 is 0 Å². The molecule has 1 atom stereocenters. The Bertz CT molecular complexity index is 313. The minimum absolute atomic E-state index is 0.420. The van der Waals surface area contributed by atoms with Crippen molar-refractivity contribution >= 4 is 0 Å². The summed E-state index contributed by atoms with van der Waals surface area (Å²) in [4.78, 5) is 0. The molecule has 0 radical (unpaired) electrons. The Hall–Kier alpha value is -1.00. The van der Waals surface area contributed by atoms with Crippen molar-refractivity contribution in [3.63, 3.8) is 0 Å². The van der Waals surface area contributed by atoms with E-state index in [1.165, 1.54) is 11.1 Å². The van der Waals surface area contributed by atoms with Crippen LogP contribution in [0.5, 0.6) is 0 Å². The van der Waals surface area contributed by atoms with E-state index in [-0.39, 0.29) is 0 Å². The van der Waals surface area contributed by atoms with E-state index in [9.17, 15) is 0 Å². The lowest BCUT2D eigenvalue weighted by Crippen LogP contribution is -2.24. The zero-order valence-corrected chi connectivity index (χ0v) is 12.0. The number of hydrogen-bond donors (Lipinski definition) is 0. The molecule has 0 unspecified atom stereocenters. The summed E-state index contributed by atoms with van der Waals surface area (Å²) in [5.74, 6) is 2.70. The van der Waals surface area contributed by atoms with Crippen LogP contribution in [-0.4, -0.2) is 12.7 Å². The van der Waals surface area contributed by atoms with Crippen LogP contribution < -0.4 is 0 Å². The highest BCUT2D eigenvalue weighted by Crippen LogP contribution is 2.17. The van der Waals surface area contributed by atoms with Gasteiger partial charge in [-0.2, -0.15) is 0 Å². The second kappa shape index (κ2) is 8.14. The summed E-state index contributed by atoms with van der Waals surface area (Å²) in [6, 6.07) is 0. The molecule has 0 bridgehead atoms. The quantitative estimate of drug-likeness (QED) is 0.465. The van der Waals surface area contributed by atoms with E-state index in [0.717, 1.165) is 25.7 Å². The third-order valence-electron chi connectivity index (χ3n) is 2.96. The Kier molecular flexibility index (Phi) is 7.66. The lowest BCUT2D eigenvalue weighted by atomic mass is 9.99. The molecular weight excluding hydrogens is 208 g/mol. The van der Waals surface area contributed by atoms with Gasteiger partial charge in [-0.3, -0.25) is 0 Å². The highest BCUT2D eigenvalue weighted by Gasteiger charge is 2.18. The predicted octanol–water partition coefficient (Wildman–Crippen LogP) is 4.50. The van der Waals surface area contributed by atoms with Gasteiger partial charge in [0.1, 0.15) is 5.60 Å². The minimum Gasteiger partial charge on any atom is -0.366 e. The Balaban J connectivity index is 4.01. The second-order valence-corrected chi connectivity index (χ2v) is 4.99. The molecule has 0 aliphatic carbocycles. The molecule has 0 aromatic carbocycles. The van der Waals surface area contributed by atoms with Gasteiger partial charge in [0.2, 0.25) is 0 Å². The van der Waals surface area contributed by atoms with Crippen molar-refractivity contribution in [3.8, 4) is 12.3 Å². The van der Waals surface area contributed by atoms with Crippen LogP contribution in [0, 0.1) is 12.3 Å². The summed E-state index contributed by atoms with van der Waals surface area (Å²) >= 11 is 0. The minimum atomic E-state index is -0.420. The summed E-state index contributed by atoms with van der Waals surface area (Å²) < 4.78 is 5.31. The van der Waals surface area contributed by atoms with Crippen LogP contribution in [-0.2, 0) is 4.74 Å². The van der Waals surface area contributed by atoms with E-state index in [1.54, 1.807) is 7.11 Å². The summed E-state index contributed by atoms with van der Waals surface area (Å²) in [5, 5.41) is 0. The largest absolute Gasteiger partial charge is 0.366 e. The predicted molar refractivity (Wildman–Crippen MR) is 75.9 cm³/mol. The first-order valence-corrected chi connectivity index (χ1v) is 6.25. The molecule has 0 heterocycles. The molecule has 96 valence electrons. The SMILES string of the molecule is C#C[C@](C)(CC/C=C(/C)CCC=C(C)C)OC. The lowest BCUT2D eigenvalue weighted by molar-refractivity contribution is 0.0509. The molecule has 0 saturated heterocycles. The zero-order chi connectivity index (χ0) is 13.3. The molecule has 0 saturated carbocycles. The molecule has 0 aliphatic heterocycles. The van der Waals surface area contributed by atoms with Crippen molar-refractivity contribution in [1.29, 1.82) is 0 Å². The zero-order valence-electron chi connectivity index (χ0n) is 12.0. The van der Waals surface area contributed by atoms with Gasteiger partial charge in [0.15, 0.2) is 0 Å². The fourth-order valence-electron chi connectivity index (χ4n) is 1.52. The Morgan fingerprint density at radius 3 is 2.35 bits per heavy atom. The fourth-order valence-corrected chi connectivity index (χ4v) is 1.52. The topological polar surface area (TPSA) is 9.23 Å². The summed E-state index contributed by atoms with van der Waals surface area (Å²) in [6.07, 6.45) is 14.1. The van der Waals surface area contributed by atoms with Crippen LogP contribution in [0.2, 0.25) is 0 Å². The van der Waals surface area contributed by atoms with Crippen molar-refractivity contribution < 1.29 is 4.74 Å². The van der Waals surface area contributed by atoms with Gasteiger partial charge in [-0.05, 0) is 53.4 Å². The third kappa shape index (κ3) is 7.82. The van der Waals surface area contributed by atoms with Crippen LogP contribution in [0.25, 0.3) is 0 Å². The molecule has 0 spiro atoms. The van der Waals surface area contributed by atoms with Gasteiger partial charge in [-0.25, -0.2) is 0 Å². The smallest absolute Gasteiger partial charge is 0.125 e. The van der Waals surface area contributed by atoms with Crippen molar-refractivity contribution in [3.05, 3.63) is 23.3 Å². The van der Waals surface area contributed by atoms with Crippen molar-refractivity contribution in [1.82, 2.24) is 0 Å². The average Bonchev–Trinajstić information content (AvgIpc) is 2.28. The first-order chi connectivity index (χ1) is 7.93. The van der Waals surface area contributed by atoms with E-state index < -0.39 is 5.60 Å². The molecule has 17 heavy (non-hydrogen) atoms. The number of allylic oxidation sites excluding steroid dienone is 4. The first kappa shape index (κ1) is 16.0. The highest BCUT2D eigenvalue weighted by molar-refractivity contribution is 5.08. The van der Waals surface area contributed by atoms with E-state index in [0.29, 0.717) is 0 Å². The van der Waals surface area contributed by atoms with Gasteiger partial charge in [0.25, 0.3) is 0 Å². The molecule has 1 heteroatoms. The van der Waals surface area contributed by atoms with Crippen molar-refractivity contribution in [2.45, 2.75) is 59.0 Å². The maximum Gasteiger partial charge on any atom is 0.125 e. The third-order valence-corrected chi connectivity index (χ3v) is 2.96. The van der Waals surface area contributed by atoms with Crippen LogP contribution in [0.4, 0.5) is 0 Å². The number of terminal acetylenes is 1. The Morgan fingerprint density at radius 1 is 1.24 bits per heavy atom. The number of methoxy groups -OCH3 is 1. The first-order valence-electron chi connectivity index (χ1n) is 6.25. The number of ether oxygens (including phenoxy) is 1. The monoisotopic (exact) mass is 234 g/mol. The molecular formula is C16H26O. The molecule has 0 aromatic heterocycles. The molecule has 1 nitrogen and oxygen atoms in total. The maximum atomic E-state index is 5.44. The van der Waals surface area contributed by atoms with Crippen LogP contribution in [0.3, 0.4) is 0 Å². The van der Waals surface area contributed by atoms with Crippen molar-refractivity contribution in [2.75, 3.05) is 7.11 Å². The summed E-state index contributed by atoms with van der Waals surface area (Å²) in [7, 11) is 1.67. The van der Waals surface area contributed by atoms with Gasteiger partial charge >= 0.3 is 0 Å². The second-order valence-electron chi connectivity index (χ2n) is 4.99. The Morgan fingerprint density at radius 2 is 1.88 bits per heavy atom. The molecule has 0 aromatic rings. The maximum absolute atomic E-state index is 5.44. The standard InChI is InChI=1S/C16H26O/c1-7-16(5,17-6)13-9-12-15(4)11-8-10-14(2)3/h1,10,12H,8-9,11,13H2,2-6H3/b15-12-/t16-/m1/s1. The summed E-state index contributed by atoms with van der Waals surface area (Å²) in [5.41, 5.74) is 2.39. The van der Waals surface area contributed by atoms with Crippen LogP contribution in [0.1, 0.15) is 53.4 Å². The van der Waals surface area contributed by atoms with E-state index in [1.807, 2.05) is 6.92 Å². The van der Waals surface area contributed by atoms with Gasteiger partial charge < -0.3 is 4.74 Å². The number of hydrogen-bond acceptors (Lipinski definition) is 1. The van der Waals surface area contributed by atoms with E-state index >= 15 is 0 Å². The molecule has 0 aliphatic rings. The van der Waals surface area contributed by atoms with Crippen molar-refractivity contribution in [2.24, 2.45) is 0 Å². The van der Waals surface area contributed by atoms with E-state index in [4.69, 9.17) is 11.2 Å². The molecule has 0 fully saturated rings. The lowest BCUT2D eigenvalue weighted by Gasteiger charge is -2.20. The van der Waals surface area contributed by atoms with Gasteiger partial charge in [0, 0.05) is 7.11 Å². The highest BCUT2D eigenvalue weighted by atomic mass is 16.5. The van der Waals surface area contributed by atoms with E-state index in [2.05, 4.69) is 38.8 Å². The van der Waals surface area contributed by atoms with Gasteiger partial charge in [0.05, 0.1) is 0 Å². The fraction of sp³-hybridized carbons (Fsp3) is 0.625. The molecule has 0 rings (SSSR count). The van der Waals surface area contributed by atoms with Gasteiger partial charge in [-0.1, -0.05) is 29.2 Å². The average molecular weight is 234 g/mol. The molecule has 0 N–H and O–H groups in total. The van der Waals surface area contributed by atoms with Gasteiger partial charge in [-0.15, -0.1) is 6.42 Å². The van der Waals surface area contributed by atoms with Crippen LogP contribution in [0.15, 0.2) is 23.3 Å².